The Labute approximate surface area is 108 Å². The standard InChI is InChI=1S/C12H22N4O2/c1-3-4-11-15-10(13)9-12(16-11)14-5-6-18-8-7-17-2/h9H,3-8H2,1-2H3,(H3,13,14,15,16). The molecule has 0 unspecified atom stereocenters. The van der Waals surface area contributed by atoms with Crippen LogP contribution < -0.4 is 11.1 Å². The number of nitrogens with one attached hydrogen (secondary N) is 1. The van der Waals surface area contributed by atoms with Gasteiger partial charge in [-0.25, -0.2) is 9.97 Å². The van der Waals surface area contributed by atoms with E-state index in [-0.39, 0.29) is 0 Å². The first-order chi connectivity index (χ1) is 8.76. The average Bonchev–Trinajstić information content (AvgIpc) is 2.33. The minimum absolute atomic E-state index is 0.497. The highest BCUT2D eigenvalue weighted by Crippen LogP contribution is 2.09. The summed E-state index contributed by atoms with van der Waals surface area (Å²) in [6, 6.07) is 1.73. The molecular formula is C12H22N4O2. The zero-order chi connectivity index (χ0) is 13.2. The van der Waals surface area contributed by atoms with Crippen molar-refractivity contribution < 1.29 is 9.47 Å². The van der Waals surface area contributed by atoms with Crippen LogP contribution in [0.3, 0.4) is 0 Å². The second-order valence-corrected chi connectivity index (χ2v) is 3.88. The number of aryl methyl sites for hydroxylation is 1. The van der Waals surface area contributed by atoms with Crippen LogP contribution in [0.15, 0.2) is 6.07 Å². The molecule has 0 aromatic carbocycles. The number of nitrogens with two attached hydrogens (primary N) is 1. The summed E-state index contributed by atoms with van der Waals surface area (Å²) in [5.41, 5.74) is 5.72. The maximum absolute atomic E-state index is 5.72. The first kappa shape index (κ1) is 14.7. The van der Waals surface area contributed by atoms with Crippen LogP contribution in [0.4, 0.5) is 11.6 Å². The van der Waals surface area contributed by atoms with Crippen molar-refractivity contribution in [1.29, 1.82) is 0 Å². The second kappa shape index (κ2) is 8.66. The number of nitrogen functional groups attached to an aromatic ring is 1. The highest BCUT2D eigenvalue weighted by Gasteiger charge is 2.01. The number of nitrogens with zero attached hydrogens (tertiary/aromatic N) is 2. The molecule has 0 saturated heterocycles. The molecule has 102 valence electrons. The van der Waals surface area contributed by atoms with Gasteiger partial charge in [0.25, 0.3) is 0 Å². The Hall–Kier alpha value is -1.40. The SMILES string of the molecule is CCCc1nc(N)cc(NCCOCCOC)n1. The van der Waals surface area contributed by atoms with Crippen LogP contribution in [0.5, 0.6) is 0 Å². The van der Waals surface area contributed by atoms with Gasteiger partial charge in [-0.05, 0) is 6.42 Å². The largest absolute Gasteiger partial charge is 0.384 e. The van der Waals surface area contributed by atoms with Crippen molar-refractivity contribution in [3.05, 3.63) is 11.9 Å². The molecule has 1 aromatic rings. The number of hydrogen-bond donors (Lipinski definition) is 2. The van der Waals surface area contributed by atoms with Crippen molar-refractivity contribution >= 4 is 11.6 Å². The van der Waals surface area contributed by atoms with Crippen LogP contribution in [0.25, 0.3) is 0 Å². The molecule has 0 spiro atoms. The maximum atomic E-state index is 5.72. The molecule has 0 fully saturated rings. The third kappa shape index (κ3) is 5.79. The molecule has 0 atom stereocenters. The molecular weight excluding hydrogens is 232 g/mol. The van der Waals surface area contributed by atoms with Crippen molar-refractivity contribution in [2.45, 2.75) is 19.8 Å². The van der Waals surface area contributed by atoms with Gasteiger partial charge in [-0.1, -0.05) is 6.92 Å². The number of anilines is 2. The van der Waals surface area contributed by atoms with Gasteiger partial charge in [0, 0.05) is 26.1 Å². The van der Waals surface area contributed by atoms with Crippen molar-refractivity contribution in [2.24, 2.45) is 0 Å². The van der Waals surface area contributed by atoms with Gasteiger partial charge in [-0.2, -0.15) is 0 Å². The van der Waals surface area contributed by atoms with E-state index in [2.05, 4.69) is 22.2 Å². The summed E-state index contributed by atoms with van der Waals surface area (Å²) >= 11 is 0. The third-order valence-corrected chi connectivity index (χ3v) is 2.25. The summed E-state index contributed by atoms with van der Waals surface area (Å²) in [5.74, 6) is 2.03. The van der Waals surface area contributed by atoms with Gasteiger partial charge in [-0.15, -0.1) is 0 Å². The fourth-order valence-electron chi connectivity index (χ4n) is 1.44. The van der Waals surface area contributed by atoms with Gasteiger partial charge in [0.05, 0.1) is 19.8 Å². The quantitative estimate of drug-likeness (QED) is 0.642. The first-order valence-corrected chi connectivity index (χ1v) is 6.20. The summed E-state index contributed by atoms with van der Waals surface area (Å²) in [5, 5.41) is 3.16. The Morgan fingerprint density at radius 1 is 1.28 bits per heavy atom. The molecule has 6 heteroatoms. The van der Waals surface area contributed by atoms with Crippen LogP contribution in [0.1, 0.15) is 19.2 Å². The lowest BCUT2D eigenvalue weighted by Gasteiger charge is -2.08. The van der Waals surface area contributed by atoms with Gasteiger partial charge in [-0.3, -0.25) is 0 Å². The Bertz CT molecular complexity index is 347. The van der Waals surface area contributed by atoms with Gasteiger partial charge >= 0.3 is 0 Å². The van der Waals surface area contributed by atoms with E-state index in [1.54, 1.807) is 13.2 Å². The minimum Gasteiger partial charge on any atom is -0.384 e. The third-order valence-electron chi connectivity index (χ3n) is 2.25. The summed E-state index contributed by atoms with van der Waals surface area (Å²) in [7, 11) is 1.65. The van der Waals surface area contributed by atoms with E-state index >= 15 is 0 Å². The van der Waals surface area contributed by atoms with Crippen LogP contribution in [-0.4, -0.2) is 43.4 Å². The molecule has 0 radical (unpaired) electrons. The number of rotatable bonds is 9. The van der Waals surface area contributed by atoms with E-state index < -0.39 is 0 Å². The number of methoxy groups -OCH3 is 1. The molecule has 0 aliphatic rings. The molecule has 6 nitrogen and oxygen atoms in total. The number of hydrogen-bond acceptors (Lipinski definition) is 6. The van der Waals surface area contributed by atoms with Crippen molar-refractivity contribution in [2.75, 3.05) is 44.5 Å². The first-order valence-electron chi connectivity index (χ1n) is 6.20. The molecule has 1 heterocycles. The van der Waals surface area contributed by atoms with E-state index in [0.29, 0.717) is 32.2 Å². The fourth-order valence-corrected chi connectivity index (χ4v) is 1.44. The van der Waals surface area contributed by atoms with Crippen LogP contribution in [0, 0.1) is 0 Å². The van der Waals surface area contributed by atoms with Crippen molar-refractivity contribution in [1.82, 2.24) is 9.97 Å². The van der Waals surface area contributed by atoms with Gasteiger partial charge in [0.2, 0.25) is 0 Å². The molecule has 0 saturated carbocycles. The Kier molecular flexibility index (Phi) is 7.05. The molecule has 18 heavy (non-hydrogen) atoms. The highest BCUT2D eigenvalue weighted by molar-refractivity contribution is 5.44. The Morgan fingerprint density at radius 3 is 2.83 bits per heavy atom. The predicted molar refractivity (Wildman–Crippen MR) is 71.6 cm³/mol. The van der Waals surface area contributed by atoms with Gasteiger partial charge in [0.15, 0.2) is 0 Å². The Balaban J connectivity index is 2.32. The van der Waals surface area contributed by atoms with Crippen molar-refractivity contribution in [3.8, 4) is 0 Å². The summed E-state index contributed by atoms with van der Waals surface area (Å²) < 4.78 is 10.2. The summed E-state index contributed by atoms with van der Waals surface area (Å²) in [6.45, 7) is 4.59. The van der Waals surface area contributed by atoms with E-state index in [0.717, 1.165) is 24.5 Å². The second-order valence-electron chi connectivity index (χ2n) is 3.88. The smallest absolute Gasteiger partial charge is 0.133 e. The highest BCUT2D eigenvalue weighted by atomic mass is 16.5. The molecule has 1 rings (SSSR count). The molecule has 1 aromatic heterocycles. The lowest BCUT2D eigenvalue weighted by atomic mass is 10.3. The normalized spacial score (nSPS) is 10.6. The molecule has 0 bridgehead atoms. The van der Waals surface area contributed by atoms with E-state index in [1.807, 2.05) is 0 Å². The van der Waals surface area contributed by atoms with E-state index in [9.17, 15) is 0 Å². The molecule has 0 aliphatic heterocycles. The molecule has 0 aliphatic carbocycles. The van der Waals surface area contributed by atoms with Gasteiger partial charge in [0.1, 0.15) is 17.5 Å². The molecule has 0 amide bonds. The van der Waals surface area contributed by atoms with E-state index in [1.165, 1.54) is 0 Å². The molecule has 3 N–H and O–H groups in total. The lowest BCUT2D eigenvalue weighted by molar-refractivity contribution is 0.0759. The van der Waals surface area contributed by atoms with Crippen LogP contribution >= 0.6 is 0 Å². The van der Waals surface area contributed by atoms with Crippen LogP contribution in [-0.2, 0) is 15.9 Å². The van der Waals surface area contributed by atoms with Crippen LogP contribution in [0.2, 0.25) is 0 Å². The Morgan fingerprint density at radius 2 is 2.11 bits per heavy atom. The monoisotopic (exact) mass is 254 g/mol. The fraction of sp³-hybridized carbons (Fsp3) is 0.667. The average molecular weight is 254 g/mol. The minimum atomic E-state index is 0.497. The van der Waals surface area contributed by atoms with E-state index in [4.69, 9.17) is 15.2 Å². The summed E-state index contributed by atoms with van der Waals surface area (Å²) in [4.78, 5) is 8.55. The predicted octanol–water partition coefficient (Wildman–Crippen LogP) is 1.09. The topological polar surface area (TPSA) is 82.3 Å². The zero-order valence-electron chi connectivity index (χ0n) is 11.1. The number of ether oxygens (including phenoxy) is 2. The van der Waals surface area contributed by atoms with Crippen molar-refractivity contribution in [3.63, 3.8) is 0 Å². The lowest BCUT2D eigenvalue weighted by Crippen LogP contribution is -2.13. The summed E-state index contributed by atoms with van der Waals surface area (Å²) in [6.07, 6.45) is 1.84. The number of aromatic nitrogens is 2. The maximum Gasteiger partial charge on any atom is 0.133 e. The van der Waals surface area contributed by atoms with Gasteiger partial charge < -0.3 is 20.5 Å². The zero-order valence-corrected chi connectivity index (χ0v) is 11.1.